The standard InChI is InChI=1S/C11H13N3OS/c1-14-10(12-13-11(14)16)7-8-5-3-4-6-9(8)15-2/h3-6H,7H2,1-2H3,(H,13,16). The summed E-state index contributed by atoms with van der Waals surface area (Å²) in [6, 6.07) is 7.90. The van der Waals surface area contributed by atoms with E-state index in [4.69, 9.17) is 17.0 Å². The van der Waals surface area contributed by atoms with Crippen molar-refractivity contribution in [2.75, 3.05) is 7.11 Å². The summed E-state index contributed by atoms with van der Waals surface area (Å²) >= 11 is 5.07. The van der Waals surface area contributed by atoms with Gasteiger partial charge in [-0.2, -0.15) is 5.10 Å². The minimum absolute atomic E-state index is 0.630. The van der Waals surface area contributed by atoms with Crippen LogP contribution < -0.4 is 4.74 Å². The summed E-state index contributed by atoms with van der Waals surface area (Å²) in [5.74, 6) is 1.77. The third-order valence-corrected chi connectivity index (χ3v) is 2.88. The van der Waals surface area contributed by atoms with E-state index in [1.807, 2.05) is 35.9 Å². The summed E-state index contributed by atoms with van der Waals surface area (Å²) in [5.41, 5.74) is 1.10. The summed E-state index contributed by atoms with van der Waals surface area (Å²) in [6.07, 6.45) is 0.702. The van der Waals surface area contributed by atoms with Crippen molar-refractivity contribution in [3.05, 3.63) is 40.4 Å². The number of rotatable bonds is 3. The van der Waals surface area contributed by atoms with E-state index < -0.39 is 0 Å². The quantitative estimate of drug-likeness (QED) is 0.828. The lowest BCUT2D eigenvalue weighted by molar-refractivity contribution is 0.410. The van der Waals surface area contributed by atoms with Crippen molar-refractivity contribution >= 4 is 12.2 Å². The van der Waals surface area contributed by atoms with Crippen molar-refractivity contribution in [1.29, 1.82) is 0 Å². The summed E-state index contributed by atoms with van der Waals surface area (Å²) in [7, 11) is 3.57. The van der Waals surface area contributed by atoms with Crippen LogP contribution in [0, 0.1) is 4.77 Å². The molecule has 0 bridgehead atoms. The molecular weight excluding hydrogens is 222 g/mol. The van der Waals surface area contributed by atoms with Crippen molar-refractivity contribution < 1.29 is 4.74 Å². The first-order chi connectivity index (χ1) is 7.72. The zero-order chi connectivity index (χ0) is 11.5. The van der Waals surface area contributed by atoms with Crippen LogP contribution in [0.3, 0.4) is 0 Å². The Labute approximate surface area is 98.9 Å². The molecule has 84 valence electrons. The van der Waals surface area contributed by atoms with Crippen molar-refractivity contribution in [2.45, 2.75) is 6.42 Å². The lowest BCUT2D eigenvalue weighted by atomic mass is 10.1. The van der Waals surface area contributed by atoms with Crippen molar-refractivity contribution in [3.8, 4) is 5.75 Å². The third kappa shape index (κ3) is 1.99. The van der Waals surface area contributed by atoms with Gasteiger partial charge in [0.1, 0.15) is 11.6 Å². The second-order valence-corrected chi connectivity index (χ2v) is 3.88. The molecule has 0 atom stereocenters. The number of nitrogens with zero attached hydrogens (tertiary/aromatic N) is 2. The van der Waals surface area contributed by atoms with Gasteiger partial charge in [-0.3, -0.25) is 5.10 Å². The number of methoxy groups -OCH3 is 1. The molecule has 0 amide bonds. The van der Waals surface area contributed by atoms with Crippen LogP contribution in [0.25, 0.3) is 0 Å². The van der Waals surface area contributed by atoms with Gasteiger partial charge < -0.3 is 9.30 Å². The summed E-state index contributed by atoms with van der Waals surface area (Å²) in [6.45, 7) is 0. The molecule has 5 heteroatoms. The first-order valence-electron chi connectivity index (χ1n) is 4.94. The van der Waals surface area contributed by atoms with Gasteiger partial charge in [0.2, 0.25) is 0 Å². The Morgan fingerprint density at radius 3 is 2.81 bits per heavy atom. The fraction of sp³-hybridized carbons (Fsp3) is 0.273. The average molecular weight is 235 g/mol. The minimum atomic E-state index is 0.630. The fourth-order valence-electron chi connectivity index (χ4n) is 1.56. The Morgan fingerprint density at radius 1 is 1.44 bits per heavy atom. The zero-order valence-electron chi connectivity index (χ0n) is 9.23. The van der Waals surface area contributed by atoms with Crippen LogP contribution in [0.2, 0.25) is 0 Å². The van der Waals surface area contributed by atoms with Crippen LogP contribution >= 0.6 is 12.2 Å². The molecule has 2 rings (SSSR count). The van der Waals surface area contributed by atoms with E-state index in [0.717, 1.165) is 17.1 Å². The molecule has 4 nitrogen and oxygen atoms in total. The molecule has 0 unspecified atom stereocenters. The smallest absolute Gasteiger partial charge is 0.194 e. The topological polar surface area (TPSA) is 42.8 Å². The molecule has 1 aromatic carbocycles. The number of hydrogen-bond donors (Lipinski definition) is 1. The van der Waals surface area contributed by atoms with Gasteiger partial charge >= 0.3 is 0 Å². The predicted octanol–water partition coefficient (Wildman–Crippen LogP) is 2.08. The predicted molar refractivity (Wildman–Crippen MR) is 64.2 cm³/mol. The molecule has 0 fully saturated rings. The Kier molecular flexibility index (Phi) is 3.05. The molecule has 0 radical (unpaired) electrons. The van der Waals surface area contributed by atoms with Crippen molar-refractivity contribution in [1.82, 2.24) is 14.8 Å². The van der Waals surface area contributed by atoms with Gasteiger partial charge in [-0.25, -0.2) is 0 Å². The monoisotopic (exact) mass is 235 g/mol. The largest absolute Gasteiger partial charge is 0.496 e. The van der Waals surface area contributed by atoms with E-state index in [1.54, 1.807) is 7.11 Å². The van der Waals surface area contributed by atoms with E-state index in [0.29, 0.717) is 11.2 Å². The Balaban J connectivity index is 2.34. The molecule has 0 aliphatic heterocycles. The molecule has 0 saturated carbocycles. The zero-order valence-corrected chi connectivity index (χ0v) is 10.0. The van der Waals surface area contributed by atoms with Crippen LogP contribution in [-0.4, -0.2) is 21.9 Å². The number of nitrogens with one attached hydrogen (secondary N) is 1. The van der Waals surface area contributed by atoms with Crippen LogP contribution in [0.1, 0.15) is 11.4 Å². The van der Waals surface area contributed by atoms with Gasteiger partial charge in [0.05, 0.1) is 7.11 Å². The van der Waals surface area contributed by atoms with E-state index in [1.165, 1.54) is 0 Å². The highest BCUT2D eigenvalue weighted by atomic mass is 32.1. The highest BCUT2D eigenvalue weighted by Crippen LogP contribution is 2.19. The molecule has 1 heterocycles. The summed E-state index contributed by atoms with van der Waals surface area (Å²) in [4.78, 5) is 0. The number of benzene rings is 1. The second-order valence-electron chi connectivity index (χ2n) is 3.49. The van der Waals surface area contributed by atoms with Gasteiger partial charge in [0, 0.05) is 19.0 Å². The first-order valence-corrected chi connectivity index (χ1v) is 5.35. The highest BCUT2D eigenvalue weighted by Gasteiger charge is 2.07. The Hall–Kier alpha value is -1.62. The lowest BCUT2D eigenvalue weighted by Crippen LogP contribution is -2.00. The maximum Gasteiger partial charge on any atom is 0.194 e. The lowest BCUT2D eigenvalue weighted by Gasteiger charge is -2.07. The van der Waals surface area contributed by atoms with E-state index in [2.05, 4.69) is 10.2 Å². The molecule has 0 spiro atoms. The van der Waals surface area contributed by atoms with Crippen LogP contribution in [0.4, 0.5) is 0 Å². The van der Waals surface area contributed by atoms with Gasteiger partial charge in [-0.15, -0.1) is 0 Å². The van der Waals surface area contributed by atoms with Gasteiger partial charge in [0.25, 0.3) is 0 Å². The Morgan fingerprint density at radius 2 is 2.19 bits per heavy atom. The van der Waals surface area contributed by atoms with Crippen LogP contribution in [0.15, 0.2) is 24.3 Å². The van der Waals surface area contributed by atoms with E-state index in [9.17, 15) is 0 Å². The highest BCUT2D eigenvalue weighted by molar-refractivity contribution is 7.71. The number of para-hydroxylation sites is 1. The van der Waals surface area contributed by atoms with Crippen molar-refractivity contribution in [3.63, 3.8) is 0 Å². The molecule has 16 heavy (non-hydrogen) atoms. The second kappa shape index (κ2) is 4.49. The third-order valence-electron chi connectivity index (χ3n) is 2.51. The van der Waals surface area contributed by atoms with Gasteiger partial charge in [-0.05, 0) is 18.3 Å². The molecule has 2 aromatic rings. The van der Waals surface area contributed by atoms with Gasteiger partial charge in [-0.1, -0.05) is 18.2 Å². The molecule has 0 aliphatic rings. The summed E-state index contributed by atoms with van der Waals surface area (Å²) < 4.78 is 7.78. The fourth-order valence-corrected chi connectivity index (χ4v) is 1.71. The van der Waals surface area contributed by atoms with Crippen molar-refractivity contribution in [2.24, 2.45) is 7.05 Å². The molecule has 1 N–H and O–H groups in total. The number of H-pyrrole nitrogens is 1. The number of hydrogen-bond acceptors (Lipinski definition) is 3. The molecular formula is C11H13N3OS. The van der Waals surface area contributed by atoms with Gasteiger partial charge in [0.15, 0.2) is 4.77 Å². The maximum absolute atomic E-state index is 5.29. The Bertz CT molecular complexity index is 544. The molecule has 0 saturated heterocycles. The SMILES string of the molecule is COc1ccccc1Cc1n[nH]c(=S)n1C. The number of aromatic nitrogens is 3. The number of ether oxygens (including phenoxy) is 1. The maximum atomic E-state index is 5.29. The normalized spacial score (nSPS) is 10.4. The minimum Gasteiger partial charge on any atom is -0.496 e. The molecule has 0 aliphatic carbocycles. The first kappa shape index (κ1) is 10.9. The molecule has 1 aromatic heterocycles. The van der Waals surface area contributed by atoms with Crippen LogP contribution in [0.5, 0.6) is 5.75 Å². The van der Waals surface area contributed by atoms with Crippen LogP contribution in [-0.2, 0) is 13.5 Å². The van der Waals surface area contributed by atoms with E-state index in [-0.39, 0.29) is 0 Å². The summed E-state index contributed by atoms with van der Waals surface area (Å²) in [5, 5.41) is 6.95. The number of aromatic amines is 1. The average Bonchev–Trinajstić information content (AvgIpc) is 2.62. The van der Waals surface area contributed by atoms with E-state index >= 15 is 0 Å².